The van der Waals surface area contributed by atoms with Crippen LogP contribution in [-0.2, 0) is 6.18 Å². The molecule has 0 aromatic carbocycles. The molecule has 1 rings (SSSR count). The summed E-state index contributed by atoms with van der Waals surface area (Å²) < 4.78 is 37.1. The van der Waals surface area contributed by atoms with Gasteiger partial charge in [-0.15, -0.1) is 0 Å². The molecule has 0 aliphatic carbocycles. The first-order valence-corrected chi connectivity index (χ1v) is 5.90. The number of nitrogens with zero attached hydrogens (tertiary/aromatic N) is 1. The second-order valence-corrected chi connectivity index (χ2v) is 4.13. The number of alkyl halides is 4. The van der Waals surface area contributed by atoms with Crippen molar-refractivity contribution >= 4 is 33.6 Å². The summed E-state index contributed by atoms with van der Waals surface area (Å²) in [5, 5.41) is 0.812. The van der Waals surface area contributed by atoms with E-state index in [-0.39, 0.29) is 10.7 Å². The summed E-state index contributed by atoms with van der Waals surface area (Å²) in [6.07, 6.45) is 0.315. The van der Waals surface area contributed by atoms with Crippen molar-refractivity contribution in [2.24, 2.45) is 0 Å². The van der Waals surface area contributed by atoms with Crippen LogP contribution in [0.3, 0.4) is 0 Å². The molecule has 0 aliphatic rings. The second kappa shape index (κ2) is 5.68. The highest BCUT2D eigenvalue weighted by Crippen LogP contribution is 2.30. The van der Waals surface area contributed by atoms with Crippen LogP contribution in [0.4, 0.5) is 13.2 Å². The topological polar surface area (TPSA) is 12.9 Å². The highest BCUT2D eigenvalue weighted by Gasteiger charge is 2.31. The molecule has 0 radical (unpaired) electrons. The van der Waals surface area contributed by atoms with Gasteiger partial charge in [-0.05, 0) is 12.5 Å². The Morgan fingerprint density at radius 2 is 2.12 bits per heavy atom. The van der Waals surface area contributed by atoms with Crippen molar-refractivity contribution < 1.29 is 13.2 Å². The number of pyridine rings is 1. The lowest BCUT2D eigenvalue weighted by atomic mass is 10.2. The van der Waals surface area contributed by atoms with E-state index >= 15 is 0 Å². The number of hydrogen-bond donors (Lipinski definition) is 0. The van der Waals surface area contributed by atoms with Crippen LogP contribution in [0.25, 0.3) is 6.08 Å². The predicted molar refractivity (Wildman–Crippen MR) is 61.7 cm³/mol. The van der Waals surface area contributed by atoms with Crippen molar-refractivity contribution in [1.29, 1.82) is 0 Å². The molecule has 16 heavy (non-hydrogen) atoms. The molecule has 0 N–H and O–H groups in total. The van der Waals surface area contributed by atoms with Crippen LogP contribution in [0.2, 0.25) is 5.15 Å². The first-order valence-electron chi connectivity index (χ1n) is 4.40. The maximum atomic E-state index is 12.4. The Bertz CT molecular complexity index is 390. The summed E-state index contributed by atoms with van der Waals surface area (Å²) in [5.41, 5.74) is -0.521. The maximum Gasteiger partial charge on any atom is 0.417 e. The molecule has 0 atom stereocenters. The lowest BCUT2D eigenvalue weighted by Gasteiger charge is -2.07. The molecule has 0 unspecified atom stereocenters. The Hall–Kier alpha value is -0.550. The van der Waals surface area contributed by atoms with Crippen molar-refractivity contribution in [3.05, 3.63) is 34.6 Å². The van der Waals surface area contributed by atoms with Crippen molar-refractivity contribution in [3.63, 3.8) is 0 Å². The summed E-state index contributed by atoms with van der Waals surface area (Å²) >= 11 is 8.89. The zero-order chi connectivity index (χ0) is 12.2. The van der Waals surface area contributed by atoms with Gasteiger partial charge in [0.2, 0.25) is 0 Å². The molecular formula is C10H8BrClF3N. The number of halogens is 5. The molecule has 6 heteroatoms. The molecule has 1 nitrogen and oxygen atoms in total. The van der Waals surface area contributed by atoms with Crippen LogP contribution in [0.1, 0.15) is 17.5 Å². The third kappa shape index (κ3) is 3.79. The predicted octanol–water partition coefficient (Wildman–Crippen LogP) is 4.55. The van der Waals surface area contributed by atoms with Gasteiger partial charge in [-0.25, -0.2) is 4.98 Å². The smallest absolute Gasteiger partial charge is 0.243 e. The minimum atomic E-state index is -4.39. The minimum absolute atomic E-state index is 0.0684. The van der Waals surface area contributed by atoms with Crippen LogP contribution in [0.15, 0.2) is 18.3 Å². The molecule has 0 spiro atoms. The fourth-order valence-corrected chi connectivity index (χ4v) is 1.44. The average Bonchev–Trinajstić information content (AvgIpc) is 2.19. The Morgan fingerprint density at radius 3 is 2.69 bits per heavy atom. The highest BCUT2D eigenvalue weighted by atomic mass is 79.9. The van der Waals surface area contributed by atoms with Gasteiger partial charge < -0.3 is 0 Å². The second-order valence-electron chi connectivity index (χ2n) is 2.98. The van der Waals surface area contributed by atoms with E-state index in [1.807, 2.05) is 0 Å². The van der Waals surface area contributed by atoms with Gasteiger partial charge in [0.15, 0.2) is 0 Å². The Kier molecular flexibility index (Phi) is 4.80. The third-order valence-corrected chi connectivity index (χ3v) is 2.54. The van der Waals surface area contributed by atoms with E-state index in [1.54, 1.807) is 6.08 Å². The van der Waals surface area contributed by atoms with Crippen molar-refractivity contribution in [2.45, 2.75) is 12.6 Å². The van der Waals surface area contributed by atoms with Gasteiger partial charge in [-0.3, -0.25) is 0 Å². The largest absolute Gasteiger partial charge is 0.417 e. The minimum Gasteiger partial charge on any atom is -0.243 e. The number of allylic oxidation sites excluding steroid dienone is 1. The van der Waals surface area contributed by atoms with E-state index in [2.05, 4.69) is 20.9 Å². The highest BCUT2D eigenvalue weighted by molar-refractivity contribution is 9.09. The normalized spacial score (nSPS) is 12.3. The number of aromatic nitrogens is 1. The summed E-state index contributed by atoms with van der Waals surface area (Å²) in [7, 11) is 0. The maximum absolute atomic E-state index is 12.4. The average molecular weight is 315 g/mol. The SMILES string of the molecule is FC(F)(F)c1cnc(Cl)c(C=CCCBr)c1. The Balaban J connectivity index is 3.00. The Morgan fingerprint density at radius 1 is 1.44 bits per heavy atom. The fraction of sp³-hybridized carbons (Fsp3) is 0.300. The van der Waals surface area contributed by atoms with Gasteiger partial charge >= 0.3 is 6.18 Å². The summed E-state index contributed by atoms with van der Waals surface area (Å²) in [5.74, 6) is 0. The van der Waals surface area contributed by atoms with Crippen molar-refractivity contribution in [2.75, 3.05) is 5.33 Å². The lowest BCUT2D eigenvalue weighted by Crippen LogP contribution is -2.05. The fourth-order valence-electron chi connectivity index (χ4n) is 1.01. The van der Waals surface area contributed by atoms with Gasteiger partial charge in [0, 0.05) is 17.1 Å². The van der Waals surface area contributed by atoms with Crippen molar-refractivity contribution in [1.82, 2.24) is 4.98 Å². The van der Waals surface area contributed by atoms with Gasteiger partial charge in [-0.2, -0.15) is 13.2 Å². The van der Waals surface area contributed by atoms with Gasteiger partial charge in [0.1, 0.15) is 5.15 Å². The molecule has 1 aromatic heterocycles. The monoisotopic (exact) mass is 313 g/mol. The summed E-state index contributed by atoms with van der Waals surface area (Å²) in [4.78, 5) is 3.51. The molecule has 1 aromatic rings. The molecule has 0 saturated heterocycles. The zero-order valence-electron chi connectivity index (χ0n) is 8.06. The molecular weight excluding hydrogens is 306 g/mol. The first-order chi connectivity index (χ1) is 7.45. The van der Waals surface area contributed by atoms with E-state index in [4.69, 9.17) is 11.6 Å². The third-order valence-electron chi connectivity index (χ3n) is 1.77. The van der Waals surface area contributed by atoms with E-state index in [1.165, 1.54) is 6.08 Å². The van der Waals surface area contributed by atoms with Crippen LogP contribution in [0.5, 0.6) is 0 Å². The van der Waals surface area contributed by atoms with E-state index < -0.39 is 11.7 Å². The summed E-state index contributed by atoms with van der Waals surface area (Å²) in [6, 6.07) is 0.986. The van der Waals surface area contributed by atoms with Crippen molar-refractivity contribution in [3.8, 4) is 0 Å². The van der Waals surface area contributed by atoms with Crippen LogP contribution in [-0.4, -0.2) is 10.3 Å². The van der Waals surface area contributed by atoms with Crippen LogP contribution in [0, 0.1) is 0 Å². The summed E-state index contributed by atoms with van der Waals surface area (Å²) in [6.45, 7) is 0. The molecule has 1 heterocycles. The first kappa shape index (κ1) is 13.5. The van der Waals surface area contributed by atoms with E-state index in [9.17, 15) is 13.2 Å². The Labute approximate surface area is 104 Å². The molecule has 0 aliphatic heterocycles. The molecule has 0 bridgehead atoms. The van der Waals surface area contributed by atoms with Crippen LogP contribution >= 0.6 is 27.5 Å². The number of hydrogen-bond acceptors (Lipinski definition) is 1. The molecule has 0 saturated carbocycles. The van der Waals surface area contributed by atoms with E-state index in [0.717, 1.165) is 17.6 Å². The molecule has 88 valence electrons. The molecule has 0 amide bonds. The molecule has 0 fully saturated rings. The quantitative estimate of drug-likeness (QED) is 0.589. The van der Waals surface area contributed by atoms with Crippen LogP contribution < -0.4 is 0 Å². The van der Waals surface area contributed by atoms with Gasteiger partial charge in [-0.1, -0.05) is 39.7 Å². The van der Waals surface area contributed by atoms with Gasteiger partial charge in [0.05, 0.1) is 5.56 Å². The number of rotatable bonds is 3. The zero-order valence-corrected chi connectivity index (χ0v) is 10.4. The van der Waals surface area contributed by atoms with Gasteiger partial charge in [0.25, 0.3) is 0 Å². The standard InChI is InChI=1S/C10H8BrClF3N/c11-4-2-1-3-7-5-8(10(13,14)15)6-16-9(7)12/h1,3,5-6H,2,4H2. The van der Waals surface area contributed by atoms with E-state index in [0.29, 0.717) is 6.42 Å². The lowest BCUT2D eigenvalue weighted by molar-refractivity contribution is -0.137.